The molecule has 0 rings (SSSR count). The van der Waals surface area contributed by atoms with Gasteiger partial charge in [-0.1, -0.05) is 25.9 Å². The quantitative estimate of drug-likeness (QED) is 0.270. The van der Waals surface area contributed by atoms with Crippen LogP contribution >= 0.6 is 11.8 Å². The molecule has 0 heterocycles. The van der Waals surface area contributed by atoms with Gasteiger partial charge in [0, 0.05) is 16.2 Å². The normalized spacial score (nSPS) is 10.7. The van der Waals surface area contributed by atoms with Crippen LogP contribution in [0.1, 0.15) is 20.8 Å². The third-order valence-corrected chi connectivity index (χ3v) is 2.04. The average molecular weight is 159 g/mol. The van der Waals surface area contributed by atoms with Crippen molar-refractivity contribution in [3.05, 3.63) is 10.4 Å². The van der Waals surface area contributed by atoms with Crippen LogP contribution in [0, 0.1) is 0 Å². The maximum Gasteiger partial charge on any atom is 0.0349 e. The Bertz CT molecular complexity index is 132. The first-order valence-corrected chi connectivity index (χ1v) is 4.19. The largest absolute Gasteiger partial charge is 0.156 e. The molecule has 0 unspecified atom stereocenters. The molecule has 0 aliphatic heterocycles. The zero-order valence-corrected chi connectivity index (χ0v) is 7.48. The number of hydrogen-bond donors (Lipinski definition) is 0. The number of hydrogen-bond acceptors (Lipinski definition) is 2. The van der Waals surface area contributed by atoms with Crippen molar-refractivity contribution in [2.45, 2.75) is 25.5 Å². The van der Waals surface area contributed by atoms with E-state index >= 15 is 0 Å². The minimum Gasteiger partial charge on any atom is -0.156 e. The van der Waals surface area contributed by atoms with Crippen molar-refractivity contribution in [3.8, 4) is 0 Å². The van der Waals surface area contributed by atoms with E-state index in [1.54, 1.807) is 0 Å². The molecule has 0 saturated carbocycles. The molecule has 0 spiro atoms. The number of thioether (sulfide) groups is 1. The van der Waals surface area contributed by atoms with Gasteiger partial charge >= 0.3 is 0 Å². The van der Waals surface area contributed by atoms with Gasteiger partial charge in [0.2, 0.25) is 0 Å². The Labute approximate surface area is 65.8 Å². The summed E-state index contributed by atoms with van der Waals surface area (Å²) in [5, 5.41) is 3.43. The fourth-order valence-corrected chi connectivity index (χ4v) is 1.22. The van der Waals surface area contributed by atoms with E-state index in [4.69, 9.17) is 5.53 Å². The number of rotatable bonds is 3. The lowest BCUT2D eigenvalue weighted by atomic mass is 10.3. The fraction of sp³-hybridized carbons (Fsp3) is 1.00. The highest BCUT2D eigenvalue weighted by Crippen LogP contribution is 2.22. The van der Waals surface area contributed by atoms with E-state index in [1.807, 2.05) is 11.8 Å². The van der Waals surface area contributed by atoms with Gasteiger partial charge < -0.3 is 0 Å². The lowest BCUT2D eigenvalue weighted by molar-refractivity contribution is 0.801. The van der Waals surface area contributed by atoms with Crippen molar-refractivity contribution in [2.24, 2.45) is 5.11 Å². The summed E-state index contributed by atoms with van der Waals surface area (Å²) in [5.74, 6) is 0.910. The third kappa shape index (κ3) is 7.66. The van der Waals surface area contributed by atoms with Gasteiger partial charge in [0.15, 0.2) is 0 Å². The lowest BCUT2D eigenvalue weighted by Gasteiger charge is -2.15. The van der Waals surface area contributed by atoms with E-state index in [1.165, 1.54) is 0 Å². The summed E-state index contributed by atoms with van der Waals surface area (Å²) in [5.41, 5.74) is 7.94. The van der Waals surface area contributed by atoms with Gasteiger partial charge in [0.05, 0.1) is 0 Å². The molecule has 10 heavy (non-hydrogen) atoms. The van der Waals surface area contributed by atoms with E-state index in [-0.39, 0.29) is 4.75 Å². The second-order valence-corrected chi connectivity index (χ2v) is 4.84. The summed E-state index contributed by atoms with van der Waals surface area (Å²) in [6.45, 7) is 7.04. The Balaban J connectivity index is 3.28. The molecular weight excluding hydrogens is 146 g/mol. The number of azide groups is 1. The van der Waals surface area contributed by atoms with Crippen molar-refractivity contribution >= 4 is 11.8 Å². The molecule has 4 heteroatoms. The second kappa shape index (κ2) is 4.47. The van der Waals surface area contributed by atoms with Gasteiger partial charge in [-0.15, -0.1) is 0 Å². The Morgan fingerprint density at radius 1 is 1.50 bits per heavy atom. The first-order valence-electron chi connectivity index (χ1n) is 3.21. The van der Waals surface area contributed by atoms with Gasteiger partial charge in [-0.05, 0) is 11.3 Å². The van der Waals surface area contributed by atoms with Crippen LogP contribution in [-0.4, -0.2) is 17.0 Å². The molecule has 3 nitrogen and oxygen atoms in total. The van der Waals surface area contributed by atoms with Crippen LogP contribution in [0.5, 0.6) is 0 Å². The molecule has 0 N–H and O–H groups in total. The molecule has 0 aromatic carbocycles. The Morgan fingerprint density at radius 2 is 2.10 bits per heavy atom. The lowest BCUT2D eigenvalue weighted by Crippen LogP contribution is -2.08. The summed E-state index contributed by atoms with van der Waals surface area (Å²) >= 11 is 1.81. The van der Waals surface area contributed by atoms with Crippen molar-refractivity contribution in [1.29, 1.82) is 0 Å². The molecule has 0 radical (unpaired) electrons. The molecule has 0 fully saturated rings. The predicted molar refractivity (Wildman–Crippen MR) is 46.2 cm³/mol. The SMILES string of the molecule is CC(C)(C)SCCN=[N+]=[N-]. The van der Waals surface area contributed by atoms with Gasteiger partial charge in [0.1, 0.15) is 0 Å². The Kier molecular flexibility index (Phi) is 4.32. The summed E-state index contributed by atoms with van der Waals surface area (Å²) in [4.78, 5) is 2.67. The van der Waals surface area contributed by atoms with Crippen molar-refractivity contribution in [3.63, 3.8) is 0 Å². The highest BCUT2D eigenvalue weighted by molar-refractivity contribution is 8.00. The van der Waals surface area contributed by atoms with E-state index < -0.39 is 0 Å². The topological polar surface area (TPSA) is 48.8 Å². The standard InChI is InChI=1S/C6H13N3S/c1-6(2,3)10-5-4-8-9-7/h4-5H2,1-3H3. The van der Waals surface area contributed by atoms with Gasteiger partial charge in [-0.3, -0.25) is 0 Å². The van der Waals surface area contributed by atoms with E-state index in [0.29, 0.717) is 6.54 Å². The molecule has 0 aromatic rings. The van der Waals surface area contributed by atoms with Crippen LogP contribution in [-0.2, 0) is 0 Å². The fourth-order valence-electron chi connectivity index (χ4n) is 0.437. The van der Waals surface area contributed by atoms with Gasteiger partial charge in [-0.25, -0.2) is 0 Å². The minimum atomic E-state index is 0.283. The van der Waals surface area contributed by atoms with Gasteiger partial charge in [-0.2, -0.15) is 11.8 Å². The zero-order chi connectivity index (χ0) is 8.04. The number of nitrogens with zero attached hydrogens (tertiary/aromatic N) is 3. The smallest absolute Gasteiger partial charge is 0.0349 e. The summed E-state index contributed by atoms with van der Waals surface area (Å²) in [6.07, 6.45) is 0. The monoisotopic (exact) mass is 159 g/mol. The molecule has 0 aliphatic carbocycles. The molecule has 0 saturated heterocycles. The molecule has 0 amide bonds. The average Bonchev–Trinajstić information content (AvgIpc) is 1.78. The summed E-state index contributed by atoms with van der Waals surface area (Å²) < 4.78 is 0.283. The van der Waals surface area contributed by atoms with Crippen molar-refractivity contribution in [2.75, 3.05) is 12.3 Å². The van der Waals surface area contributed by atoms with Crippen LogP contribution in [0.15, 0.2) is 5.11 Å². The molecule has 0 aromatic heterocycles. The maximum atomic E-state index is 7.94. The highest BCUT2D eigenvalue weighted by Gasteiger charge is 2.08. The van der Waals surface area contributed by atoms with Crippen molar-refractivity contribution in [1.82, 2.24) is 0 Å². The molecular formula is C6H13N3S. The first kappa shape index (κ1) is 9.66. The minimum absolute atomic E-state index is 0.283. The summed E-state index contributed by atoms with van der Waals surface area (Å²) in [7, 11) is 0. The Morgan fingerprint density at radius 3 is 2.50 bits per heavy atom. The molecule has 0 atom stereocenters. The molecule has 0 aliphatic rings. The van der Waals surface area contributed by atoms with Gasteiger partial charge in [0.25, 0.3) is 0 Å². The maximum absolute atomic E-state index is 7.94. The first-order chi connectivity index (χ1) is 4.56. The van der Waals surface area contributed by atoms with E-state index in [2.05, 4.69) is 30.8 Å². The summed E-state index contributed by atoms with van der Waals surface area (Å²) in [6, 6.07) is 0. The van der Waals surface area contributed by atoms with E-state index in [0.717, 1.165) is 5.75 Å². The van der Waals surface area contributed by atoms with Crippen LogP contribution < -0.4 is 0 Å². The van der Waals surface area contributed by atoms with Crippen LogP contribution in [0.3, 0.4) is 0 Å². The van der Waals surface area contributed by atoms with Crippen molar-refractivity contribution < 1.29 is 0 Å². The molecule has 58 valence electrons. The van der Waals surface area contributed by atoms with E-state index in [9.17, 15) is 0 Å². The molecule has 0 bridgehead atoms. The van der Waals surface area contributed by atoms with Crippen LogP contribution in [0.25, 0.3) is 10.4 Å². The third-order valence-electron chi connectivity index (χ3n) is 0.790. The second-order valence-electron chi connectivity index (χ2n) is 2.92. The highest BCUT2D eigenvalue weighted by atomic mass is 32.2. The Hall–Kier alpha value is -0.340. The zero-order valence-electron chi connectivity index (χ0n) is 6.66. The van der Waals surface area contributed by atoms with Crippen LogP contribution in [0.2, 0.25) is 0 Å². The van der Waals surface area contributed by atoms with Crippen LogP contribution in [0.4, 0.5) is 0 Å². The predicted octanol–water partition coefficient (Wildman–Crippen LogP) is 2.83.